The van der Waals surface area contributed by atoms with Crippen molar-refractivity contribution in [2.45, 2.75) is 13.3 Å². The Hall–Kier alpha value is -2.76. The Labute approximate surface area is 122 Å². The monoisotopic (exact) mass is 287 g/mol. The van der Waals surface area contributed by atoms with Gasteiger partial charge in [0.2, 0.25) is 5.88 Å². The lowest BCUT2D eigenvalue weighted by Gasteiger charge is -2.08. The second-order valence-electron chi connectivity index (χ2n) is 4.27. The van der Waals surface area contributed by atoms with Crippen molar-refractivity contribution in [3.05, 3.63) is 48.2 Å². The lowest BCUT2D eigenvalue weighted by Crippen LogP contribution is -2.14. The molecule has 0 atom stereocenters. The van der Waals surface area contributed by atoms with Crippen molar-refractivity contribution in [3.63, 3.8) is 0 Å². The predicted molar refractivity (Wildman–Crippen MR) is 79.0 cm³/mol. The highest BCUT2D eigenvalue weighted by Crippen LogP contribution is 2.22. The van der Waals surface area contributed by atoms with E-state index in [9.17, 15) is 0 Å². The van der Waals surface area contributed by atoms with Gasteiger partial charge in [-0.3, -0.25) is 0 Å². The number of hydrogen-bond acceptors (Lipinski definition) is 5. The zero-order valence-corrected chi connectivity index (χ0v) is 11.7. The van der Waals surface area contributed by atoms with Crippen molar-refractivity contribution in [2.24, 2.45) is 10.9 Å². The topological polar surface area (TPSA) is 90.0 Å². The molecule has 3 N–H and O–H groups in total. The van der Waals surface area contributed by atoms with E-state index in [4.69, 9.17) is 20.4 Å². The Morgan fingerprint density at radius 3 is 2.57 bits per heavy atom. The van der Waals surface area contributed by atoms with Crippen LogP contribution in [-0.4, -0.2) is 22.6 Å². The van der Waals surface area contributed by atoms with Gasteiger partial charge in [0.15, 0.2) is 5.84 Å². The van der Waals surface area contributed by atoms with E-state index in [-0.39, 0.29) is 5.84 Å². The average molecular weight is 287 g/mol. The van der Waals surface area contributed by atoms with Crippen LogP contribution in [0.1, 0.15) is 19.0 Å². The number of benzene rings is 1. The summed E-state index contributed by atoms with van der Waals surface area (Å²) in [6.45, 7) is 2.74. The van der Waals surface area contributed by atoms with Crippen LogP contribution in [-0.2, 0) is 0 Å². The van der Waals surface area contributed by atoms with Crippen LogP contribution in [0, 0.1) is 0 Å². The summed E-state index contributed by atoms with van der Waals surface area (Å²) in [6.07, 6.45) is 0.961. The number of aromatic nitrogens is 1. The van der Waals surface area contributed by atoms with Crippen LogP contribution in [0.3, 0.4) is 0 Å². The fourth-order valence-electron chi connectivity index (χ4n) is 1.61. The van der Waals surface area contributed by atoms with Crippen molar-refractivity contribution in [2.75, 3.05) is 6.61 Å². The fourth-order valence-corrected chi connectivity index (χ4v) is 1.61. The molecule has 1 aromatic heterocycles. The van der Waals surface area contributed by atoms with Crippen LogP contribution in [0.25, 0.3) is 0 Å². The summed E-state index contributed by atoms with van der Waals surface area (Å²) in [5.74, 6) is 1.72. The molecule has 1 heterocycles. The van der Waals surface area contributed by atoms with E-state index in [2.05, 4.69) is 17.1 Å². The molecule has 0 aliphatic carbocycles. The van der Waals surface area contributed by atoms with Gasteiger partial charge in [0, 0.05) is 6.07 Å². The molecule has 0 aliphatic rings. The van der Waals surface area contributed by atoms with Crippen LogP contribution in [0.15, 0.2) is 47.6 Å². The van der Waals surface area contributed by atoms with Crippen molar-refractivity contribution >= 4 is 5.84 Å². The molecule has 0 spiro atoms. The first kappa shape index (κ1) is 14.6. The molecule has 0 bridgehead atoms. The highest BCUT2D eigenvalue weighted by Gasteiger charge is 2.04. The summed E-state index contributed by atoms with van der Waals surface area (Å²) < 4.78 is 11.1. The lowest BCUT2D eigenvalue weighted by atomic mass is 10.3. The fraction of sp³-hybridized carbons (Fsp3) is 0.200. The summed E-state index contributed by atoms with van der Waals surface area (Å²) in [5.41, 5.74) is 5.83. The maximum atomic E-state index is 8.64. The van der Waals surface area contributed by atoms with Gasteiger partial charge >= 0.3 is 0 Å². The van der Waals surface area contributed by atoms with Gasteiger partial charge in [-0.25, -0.2) is 4.98 Å². The largest absolute Gasteiger partial charge is 0.494 e. The van der Waals surface area contributed by atoms with E-state index in [1.807, 2.05) is 12.1 Å². The summed E-state index contributed by atoms with van der Waals surface area (Å²) in [4.78, 5) is 4.14. The Balaban J connectivity index is 2.07. The molecule has 21 heavy (non-hydrogen) atoms. The maximum absolute atomic E-state index is 8.64. The molecule has 0 saturated carbocycles. The maximum Gasteiger partial charge on any atom is 0.219 e. The van der Waals surface area contributed by atoms with Crippen molar-refractivity contribution < 1.29 is 14.7 Å². The SMILES string of the molecule is CCCOc1ccc(Oc2cccc(C(N)=NO)n2)cc1. The number of nitrogens with zero attached hydrogens (tertiary/aromatic N) is 2. The standard InChI is InChI=1S/C15H17N3O3/c1-2-10-20-11-6-8-12(9-7-11)21-14-5-3-4-13(17-14)15(16)18-19/h3-9,19H,2,10H2,1H3,(H2,16,18). The van der Waals surface area contributed by atoms with Gasteiger partial charge < -0.3 is 20.4 Å². The normalized spacial score (nSPS) is 11.2. The minimum absolute atomic E-state index is 0.0660. The zero-order chi connectivity index (χ0) is 15.1. The van der Waals surface area contributed by atoms with E-state index in [1.54, 1.807) is 30.3 Å². The summed E-state index contributed by atoms with van der Waals surface area (Å²) >= 11 is 0. The van der Waals surface area contributed by atoms with Crippen LogP contribution in [0.4, 0.5) is 0 Å². The van der Waals surface area contributed by atoms with Gasteiger partial charge in [0.25, 0.3) is 0 Å². The highest BCUT2D eigenvalue weighted by atomic mass is 16.5. The predicted octanol–water partition coefficient (Wildman–Crippen LogP) is 2.76. The Morgan fingerprint density at radius 1 is 1.19 bits per heavy atom. The van der Waals surface area contributed by atoms with E-state index in [0.717, 1.165) is 12.2 Å². The molecule has 2 aromatic rings. The third kappa shape index (κ3) is 4.10. The smallest absolute Gasteiger partial charge is 0.219 e. The Morgan fingerprint density at radius 2 is 1.90 bits per heavy atom. The van der Waals surface area contributed by atoms with E-state index < -0.39 is 0 Å². The molecular weight excluding hydrogens is 270 g/mol. The van der Waals surface area contributed by atoms with Crippen molar-refractivity contribution in [3.8, 4) is 17.4 Å². The molecule has 0 aliphatic heterocycles. The number of ether oxygens (including phenoxy) is 2. The number of amidine groups is 1. The third-order valence-corrected chi connectivity index (χ3v) is 2.61. The summed E-state index contributed by atoms with van der Waals surface area (Å²) in [6, 6.07) is 12.3. The van der Waals surface area contributed by atoms with Gasteiger partial charge in [-0.2, -0.15) is 0 Å². The highest BCUT2D eigenvalue weighted by molar-refractivity contribution is 5.95. The zero-order valence-electron chi connectivity index (χ0n) is 11.7. The molecule has 0 unspecified atom stereocenters. The summed E-state index contributed by atoms with van der Waals surface area (Å²) in [5, 5.41) is 11.5. The van der Waals surface area contributed by atoms with Crippen LogP contribution < -0.4 is 15.2 Å². The molecule has 0 saturated heterocycles. The second-order valence-corrected chi connectivity index (χ2v) is 4.27. The molecule has 6 nitrogen and oxygen atoms in total. The molecule has 0 radical (unpaired) electrons. The van der Waals surface area contributed by atoms with Gasteiger partial charge in [0.1, 0.15) is 17.2 Å². The molecule has 6 heteroatoms. The molecular formula is C15H17N3O3. The molecule has 110 valence electrons. The van der Waals surface area contributed by atoms with Crippen LogP contribution in [0.5, 0.6) is 17.4 Å². The number of nitrogens with two attached hydrogens (primary N) is 1. The lowest BCUT2D eigenvalue weighted by molar-refractivity contribution is 0.317. The van der Waals surface area contributed by atoms with Crippen molar-refractivity contribution in [1.82, 2.24) is 4.98 Å². The van der Waals surface area contributed by atoms with E-state index in [0.29, 0.717) is 23.9 Å². The number of oxime groups is 1. The number of rotatable bonds is 6. The van der Waals surface area contributed by atoms with Crippen LogP contribution >= 0.6 is 0 Å². The van der Waals surface area contributed by atoms with Crippen molar-refractivity contribution in [1.29, 1.82) is 0 Å². The first-order valence-electron chi connectivity index (χ1n) is 6.58. The minimum Gasteiger partial charge on any atom is -0.494 e. The van der Waals surface area contributed by atoms with E-state index >= 15 is 0 Å². The summed E-state index contributed by atoms with van der Waals surface area (Å²) in [7, 11) is 0. The Kier molecular flexibility index (Phi) is 4.98. The molecule has 0 amide bonds. The molecule has 0 fully saturated rings. The molecule has 1 aromatic carbocycles. The number of hydrogen-bond donors (Lipinski definition) is 2. The Bertz CT molecular complexity index is 612. The number of pyridine rings is 1. The average Bonchev–Trinajstić information content (AvgIpc) is 2.53. The third-order valence-electron chi connectivity index (χ3n) is 2.61. The van der Waals surface area contributed by atoms with Gasteiger partial charge in [-0.1, -0.05) is 18.1 Å². The first-order chi connectivity index (χ1) is 10.2. The second kappa shape index (κ2) is 7.14. The first-order valence-corrected chi connectivity index (χ1v) is 6.58. The van der Waals surface area contributed by atoms with E-state index in [1.165, 1.54) is 0 Å². The molecule has 2 rings (SSSR count). The van der Waals surface area contributed by atoms with Gasteiger partial charge in [-0.05, 0) is 36.8 Å². The minimum atomic E-state index is -0.0660. The quantitative estimate of drug-likeness (QED) is 0.369. The van der Waals surface area contributed by atoms with Crippen LogP contribution in [0.2, 0.25) is 0 Å². The van der Waals surface area contributed by atoms with Gasteiger partial charge in [0.05, 0.1) is 6.61 Å². The van der Waals surface area contributed by atoms with Gasteiger partial charge in [-0.15, -0.1) is 0 Å².